The van der Waals surface area contributed by atoms with Gasteiger partial charge in [0.1, 0.15) is 0 Å². The maximum absolute atomic E-state index is 8.29. The Labute approximate surface area is 84.1 Å². The van der Waals surface area contributed by atoms with Crippen LogP contribution in [-0.4, -0.2) is 6.61 Å². The lowest BCUT2D eigenvalue weighted by atomic mass is 10.1. The molecule has 0 aliphatic carbocycles. The Balaban J connectivity index is 2.33. The lowest BCUT2D eigenvalue weighted by Gasteiger charge is -2.02. The second-order valence-corrected chi connectivity index (χ2v) is 2.98. The van der Waals surface area contributed by atoms with Gasteiger partial charge >= 0.3 is 0 Å². The molecule has 0 bridgehead atoms. The zero-order chi connectivity index (χ0) is 10.2. The van der Waals surface area contributed by atoms with E-state index in [0.717, 1.165) is 11.1 Å². The Morgan fingerprint density at radius 3 is 2.43 bits per heavy atom. The Kier molecular flexibility index (Phi) is 4.70. The first-order valence-corrected chi connectivity index (χ1v) is 4.59. The molecule has 0 fully saturated rings. The van der Waals surface area contributed by atoms with E-state index in [9.17, 15) is 0 Å². The Morgan fingerprint density at radius 1 is 1.21 bits per heavy atom. The van der Waals surface area contributed by atoms with Gasteiger partial charge in [-0.2, -0.15) is 5.26 Å². The summed E-state index contributed by atoms with van der Waals surface area (Å²) in [6.07, 6.45) is 0.445. The number of nitrogens with two attached hydrogens (primary N) is 1. The highest BCUT2D eigenvalue weighted by atomic mass is 16.5. The van der Waals surface area contributed by atoms with Crippen molar-refractivity contribution in [3.05, 3.63) is 35.4 Å². The van der Waals surface area contributed by atoms with Crippen LogP contribution in [0.5, 0.6) is 0 Å². The Bertz CT molecular complexity index is 300. The summed E-state index contributed by atoms with van der Waals surface area (Å²) >= 11 is 0. The fraction of sp³-hybridized carbons (Fsp3) is 0.364. The molecule has 1 rings (SSSR count). The molecule has 0 radical (unpaired) electrons. The SMILES string of the molecule is N#CCCOCc1ccc(CN)cc1. The van der Waals surface area contributed by atoms with E-state index in [1.807, 2.05) is 30.3 Å². The molecule has 2 N–H and O–H groups in total. The van der Waals surface area contributed by atoms with Gasteiger partial charge in [0.15, 0.2) is 0 Å². The number of ether oxygens (including phenoxy) is 1. The normalized spacial score (nSPS) is 9.71. The van der Waals surface area contributed by atoms with Crippen molar-refractivity contribution < 1.29 is 4.74 Å². The van der Waals surface area contributed by atoms with Gasteiger partial charge in [-0.1, -0.05) is 24.3 Å². The molecule has 0 aromatic heterocycles. The lowest BCUT2D eigenvalue weighted by molar-refractivity contribution is 0.126. The topological polar surface area (TPSA) is 59.0 Å². The number of hydrogen-bond donors (Lipinski definition) is 1. The fourth-order valence-corrected chi connectivity index (χ4v) is 1.08. The quantitative estimate of drug-likeness (QED) is 0.717. The Hall–Kier alpha value is -1.37. The molecule has 0 saturated heterocycles. The molecule has 1 aromatic rings. The molecule has 0 spiro atoms. The monoisotopic (exact) mass is 190 g/mol. The van der Waals surface area contributed by atoms with Crippen LogP contribution in [0.25, 0.3) is 0 Å². The molecule has 3 nitrogen and oxygen atoms in total. The van der Waals surface area contributed by atoms with E-state index in [-0.39, 0.29) is 0 Å². The minimum Gasteiger partial charge on any atom is -0.376 e. The third kappa shape index (κ3) is 3.56. The van der Waals surface area contributed by atoms with Crippen molar-refractivity contribution in [3.8, 4) is 6.07 Å². The summed E-state index contributed by atoms with van der Waals surface area (Å²) in [5, 5.41) is 8.29. The predicted octanol–water partition coefficient (Wildman–Crippen LogP) is 1.58. The average Bonchev–Trinajstić information content (AvgIpc) is 2.25. The summed E-state index contributed by atoms with van der Waals surface area (Å²) in [5.74, 6) is 0. The van der Waals surface area contributed by atoms with Crippen molar-refractivity contribution in [3.63, 3.8) is 0 Å². The average molecular weight is 190 g/mol. The molecule has 0 amide bonds. The van der Waals surface area contributed by atoms with Crippen LogP contribution >= 0.6 is 0 Å². The fourth-order valence-electron chi connectivity index (χ4n) is 1.08. The van der Waals surface area contributed by atoms with Gasteiger partial charge in [0, 0.05) is 6.54 Å². The molecule has 3 heteroatoms. The second-order valence-electron chi connectivity index (χ2n) is 2.98. The molecular weight excluding hydrogens is 176 g/mol. The maximum Gasteiger partial charge on any atom is 0.0717 e. The van der Waals surface area contributed by atoms with Crippen molar-refractivity contribution in [2.75, 3.05) is 6.61 Å². The van der Waals surface area contributed by atoms with Gasteiger partial charge in [-0.3, -0.25) is 0 Å². The molecule has 74 valence electrons. The van der Waals surface area contributed by atoms with Crippen LogP contribution in [0, 0.1) is 11.3 Å². The summed E-state index contributed by atoms with van der Waals surface area (Å²) in [6, 6.07) is 10.00. The maximum atomic E-state index is 8.29. The lowest BCUT2D eigenvalue weighted by Crippen LogP contribution is -1.97. The number of rotatable bonds is 5. The number of hydrogen-bond acceptors (Lipinski definition) is 3. The van der Waals surface area contributed by atoms with Crippen LogP contribution < -0.4 is 5.73 Å². The number of nitriles is 1. The van der Waals surface area contributed by atoms with Crippen LogP contribution in [0.2, 0.25) is 0 Å². The van der Waals surface area contributed by atoms with E-state index in [2.05, 4.69) is 0 Å². The van der Waals surface area contributed by atoms with E-state index in [1.54, 1.807) is 0 Å². The molecular formula is C11H14N2O. The molecule has 0 heterocycles. The van der Waals surface area contributed by atoms with Gasteiger partial charge in [0.25, 0.3) is 0 Å². The van der Waals surface area contributed by atoms with Gasteiger partial charge in [0.2, 0.25) is 0 Å². The van der Waals surface area contributed by atoms with Crippen LogP contribution in [0.15, 0.2) is 24.3 Å². The van der Waals surface area contributed by atoms with E-state index < -0.39 is 0 Å². The minimum absolute atomic E-state index is 0.445. The molecule has 0 aliphatic rings. The predicted molar refractivity (Wildman–Crippen MR) is 54.2 cm³/mol. The first-order chi connectivity index (χ1) is 6.86. The molecule has 0 atom stereocenters. The molecule has 1 aromatic carbocycles. The first kappa shape index (κ1) is 10.7. The van der Waals surface area contributed by atoms with Crippen molar-refractivity contribution in [1.29, 1.82) is 5.26 Å². The highest BCUT2D eigenvalue weighted by molar-refractivity contribution is 5.21. The van der Waals surface area contributed by atoms with E-state index in [4.69, 9.17) is 15.7 Å². The van der Waals surface area contributed by atoms with Crippen LogP contribution in [-0.2, 0) is 17.9 Å². The molecule has 0 unspecified atom stereocenters. The van der Waals surface area contributed by atoms with Crippen molar-refractivity contribution >= 4 is 0 Å². The summed E-state index contributed by atoms with van der Waals surface area (Å²) < 4.78 is 5.28. The summed E-state index contributed by atoms with van der Waals surface area (Å²) in [7, 11) is 0. The number of nitrogens with zero attached hydrogens (tertiary/aromatic N) is 1. The van der Waals surface area contributed by atoms with Gasteiger partial charge in [0.05, 0.1) is 25.7 Å². The van der Waals surface area contributed by atoms with Gasteiger partial charge < -0.3 is 10.5 Å². The molecule has 0 saturated carbocycles. The summed E-state index contributed by atoms with van der Waals surface area (Å²) in [5.41, 5.74) is 7.70. The second kappa shape index (κ2) is 6.14. The third-order valence-electron chi connectivity index (χ3n) is 1.89. The van der Waals surface area contributed by atoms with Crippen LogP contribution in [0.1, 0.15) is 17.5 Å². The van der Waals surface area contributed by atoms with Crippen LogP contribution in [0.4, 0.5) is 0 Å². The molecule has 14 heavy (non-hydrogen) atoms. The van der Waals surface area contributed by atoms with Gasteiger partial charge in [-0.15, -0.1) is 0 Å². The largest absolute Gasteiger partial charge is 0.376 e. The van der Waals surface area contributed by atoms with E-state index >= 15 is 0 Å². The van der Waals surface area contributed by atoms with E-state index in [0.29, 0.717) is 26.2 Å². The number of benzene rings is 1. The first-order valence-electron chi connectivity index (χ1n) is 4.59. The Morgan fingerprint density at radius 2 is 1.86 bits per heavy atom. The summed E-state index contributed by atoms with van der Waals surface area (Å²) in [6.45, 7) is 1.62. The molecule has 0 aliphatic heterocycles. The third-order valence-corrected chi connectivity index (χ3v) is 1.89. The minimum atomic E-state index is 0.445. The van der Waals surface area contributed by atoms with Crippen molar-refractivity contribution in [2.45, 2.75) is 19.6 Å². The zero-order valence-electron chi connectivity index (χ0n) is 8.07. The zero-order valence-corrected chi connectivity index (χ0v) is 8.07. The van der Waals surface area contributed by atoms with Gasteiger partial charge in [-0.25, -0.2) is 0 Å². The highest BCUT2D eigenvalue weighted by Crippen LogP contribution is 2.05. The van der Waals surface area contributed by atoms with Crippen molar-refractivity contribution in [2.24, 2.45) is 5.73 Å². The highest BCUT2D eigenvalue weighted by Gasteiger charge is 1.93. The van der Waals surface area contributed by atoms with Crippen LogP contribution in [0.3, 0.4) is 0 Å². The smallest absolute Gasteiger partial charge is 0.0717 e. The van der Waals surface area contributed by atoms with E-state index in [1.165, 1.54) is 0 Å². The standard InChI is InChI=1S/C11H14N2O/c12-6-1-7-14-9-11-4-2-10(8-13)3-5-11/h2-5H,1,7-9,13H2. The van der Waals surface area contributed by atoms with Gasteiger partial charge in [-0.05, 0) is 11.1 Å². The van der Waals surface area contributed by atoms with Crippen molar-refractivity contribution in [1.82, 2.24) is 0 Å². The summed E-state index contributed by atoms with van der Waals surface area (Å²) in [4.78, 5) is 0.